The Morgan fingerprint density at radius 3 is 2.95 bits per heavy atom. The summed E-state index contributed by atoms with van der Waals surface area (Å²) in [5, 5.41) is 7.58. The van der Waals surface area contributed by atoms with Gasteiger partial charge in [0.05, 0.1) is 18.8 Å². The molecule has 0 amide bonds. The predicted octanol–water partition coefficient (Wildman–Crippen LogP) is 2.03. The maximum absolute atomic E-state index is 5.44. The molecule has 20 heavy (non-hydrogen) atoms. The van der Waals surface area contributed by atoms with Gasteiger partial charge in [0.25, 0.3) is 0 Å². The minimum Gasteiger partial charge on any atom is -0.383 e. The zero-order chi connectivity index (χ0) is 14.4. The minimum atomic E-state index is 0.630. The number of nitrogens with one attached hydrogen (secondary N) is 1. The van der Waals surface area contributed by atoms with Gasteiger partial charge in [0.15, 0.2) is 5.76 Å². The smallest absolute Gasteiger partial charge is 0.151 e. The average Bonchev–Trinajstić information content (AvgIpc) is 3.13. The molecule has 0 unspecified atom stereocenters. The van der Waals surface area contributed by atoms with Crippen LogP contribution in [-0.4, -0.2) is 42.9 Å². The van der Waals surface area contributed by atoms with Gasteiger partial charge in [-0.25, -0.2) is 0 Å². The second-order valence-corrected chi connectivity index (χ2v) is 6.06. The Balaban J connectivity index is 1.81. The van der Waals surface area contributed by atoms with Crippen molar-refractivity contribution in [2.45, 2.75) is 45.8 Å². The van der Waals surface area contributed by atoms with E-state index in [1.54, 1.807) is 7.11 Å². The maximum atomic E-state index is 5.44. The Kier molecular flexibility index (Phi) is 6.01. The molecule has 5 nitrogen and oxygen atoms in total. The van der Waals surface area contributed by atoms with E-state index in [0.29, 0.717) is 12.0 Å². The van der Waals surface area contributed by atoms with Gasteiger partial charge in [-0.1, -0.05) is 19.0 Å². The van der Waals surface area contributed by atoms with Gasteiger partial charge in [-0.15, -0.1) is 0 Å². The summed E-state index contributed by atoms with van der Waals surface area (Å²) in [6, 6.07) is 2.77. The van der Waals surface area contributed by atoms with Crippen LogP contribution >= 0.6 is 0 Å². The van der Waals surface area contributed by atoms with E-state index in [4.69, 9.17) is 9.26 Å². The third-order valence-corrected chi connectivity index (χ3v) is 3.37. The van der Waals surface area contributed by atoms with Crippen molar-refractivity contribution in [3.63, 3.8) is 0 Å². The molecule has 1 aliphatic rings. The van der Waals surface area contributed by atoms with Crippen LogP contribution in [0.3, 0.4) is 0 Å². The van der Waals surface area contributed by atoms with Crippen LogP contribution in [0.5, 0.6) is 0 Å². The maximum Gasteiger partial charge on any atom is 0.151 e. The molecule has 5 heteroatoms. The van der Waals surface area contributed by atoms with Gasteiger partial charge in [0.2, 0.25) is 0 Å². The van der Waals surface area contributed by atoms with Gasteiger partial charge >= 0.3 is 0 Å². The molecule has 0 radical (unpaired) electrons. The van der Waals surface area contributed by atoms with Crippen molar-refractivity contribution in [3.05, 3.63) is 17.5 Å². The number of rotatable bonds is 10. The number of methoxy groups -OCH3 is 1. The van der Waals surface area contributed by atoms with Crippen LogP contribution in [-0.2, 0) is 17.8 Å². The van der Waals surface area contributed by atoms with Gasteiger partial charge in [0.1, 0.15) is 0 Å². The Morgan fingerprint density at radius 1 is 1.50 bits per heavy atom. The number of aromatic nitrogens is 1. The average molecular weight is 281 g/mol. The molecule has 0 aliphatic heterocycles. The van der Waals surface area contributed by atoms with Crippen LogP contribution in [0.15, 0.2) is 10.6 Å². The molecule has 1 aliphatic carbocycles. The SMILES string of the molecule is COCCN(Cc1cc(CNC2CC2)no1)CC(C)C. The molecule has 114 valence electrons. The van der Waals surface area contributed by atoms with Crippen molar-refractivity contribution in [3.8, 4) is 0 Å². The van der Waals surface area contributed by atoms with Gasteiger partial charge in [-0.05, 0) is 18.8 Å². The fourth-order valence-corrected chi connectivity index (χ4v) is 2.24. The van der Waals surface area contributed by atoms with Gasteiger partial charge in [-0.3, -0.25) is 4.90 Å². The van der Waals surface area contributed by atoms with Gasteiger partial charge in [-0.2, -0.15) is 0 Å². The summed E-state index contributed by atoms with van der Waals surface area (Å²) in [6.45, 7) is 8.78. The molecule has 1 aromatic heterocycles. The number of hydrogen-bond acceptors (Lipinski definition) is 5. The molecule has 0 spiro atoms. The summed E-state index contributed by atoms with van der Waals surface area (Å²) >= 11 is 0. The van der Waals surface area contributed by atoms with E-state index in [9.17, 15) is 0 Å². The second-order valence-electron chi connectivity index (χ2n) is 6.06. The lowest BCUT2D eigenvalue weighted by Crippen LogP contribution is -2.30. The molecular formula is C15H27N3O2. The van der Waals surface area contributed by atoms with Crippen molar-refractivity contribution in [1.82, 2.24) is 15.4 Å². The van der Waals surface area contributed by atoms with E-state index in [0.717, 1.165) is 44.2 Å². The highest BCUT2D eigenvalue weighted by atomic mass is 16.5. The summed E-state index contributed by atoms with van der Waals surface area (Å²) in [5.74, 6) is 1.57. The number of nitrogens with zero attached hydrogens (tertiary/aromatic N) is 2. The Hall–Kier alpha value is -0.910. The van der Waals surface area contributed by atoms with E-state index in [2.05, 4.69) is 35.3 Å². The molecule has 1 saturated carbocycles. The number of hydrogen-bond donors (Lipinski definition) is 1. The van der Waals surface area contributed by atoms with E-state index in [-0.39, 0.29) is 0 Å². The first kappa shape index (κ1) is 15.5. The summed E-state index contributed by atoms with van der Waals surface area (Å²) < 4.78 is 10.6. The van der Waals surface area contributed by atoms with Crippen LogP contribution in [0, 0.1) is 5.92 Å². The van der Waals surface area contributed by atoms with Crippen molar-refractivity contribution in [1.29, 1.82) is 0 Å². The predicted molar refractivity (Wildman–Crippen MR) is 78.4 cm³/mol. The van der Waals surface area contributed by atoms with Crippen molar-refractivity contribution < 1.29 is 9.26 Å². The lowest BCUT2D eigenvalue weighted by Gasteiger charge is -2.22. The summed E-state index contributed by atoms with van der Waals surface area (Å²) in [4.78, 5) is 2.35. The van der Waals surface area contributed by atoms with E-state index in [1.807, 2.05) is 0 Å². The molecular weight excluding hydrogens is 254 g/mol. The van der Waals surface area contributed by atoms with Gasteiger partial charge < -0.3 is 14.6 Å². The fourth-order valence-electron chi connectivity index (χ4n) is 2.24. The van der Waals surface area contributed by atoms with E-state index >= 15 is 0 Å². The molecule has 1 fully saturated rings. The van der Waals surface area contributed by atoms with Crippen LogP contribution in [0.2, 0.25) is 0 Å². The summed E-state index contributed by atoms with van der Waals surface area (Å²) in [6.07, 6.45) is 2.59. The van der Waals surface area contributed by atoms with Crippen LogP contribution in [0.1, 0.15) is 38.1 Å². The van der Waals surface area contributed by atoms with Crippen molar-refractivity contribution >= 4 is 0 Å². The first-order valence-corrected chi connectivity index (χ1v) is 7.56. The molecule has 0 aromatic carbocycles. The highest BCUT2D eigenvalue weighted by Gasteiger charge is 2.20. The molecule has 0 atom stereocenters. The van der Waals surface area contributed by atoms with Crippen molar-refractivity contribution in [2.24, 2.45) is 5.92 Å². The minimum absolute atomic E-state index is 0.630. The molecule has 1 aromatic rings. The Morgan fingerprint density at radius 2 is 2.30 bits per heavy atom. The molecule has 1 heterocycles. The summed E-state index contributed by atoms with van der Waals surface area (Å²) in [5.41, 5.74) is 1.00. The van der Waals surface area contributed by atoms with Crippen molar-refractivity contribution in [2.75, 3.05) is 26.8 Å². The molecule has 0 bridgehead atoms. The molecule has 0 saturated heterocycles. The quantitative estimate of drug-likeness (QED) is 0.711. The number of ether oxygens (including phenoxy) is 1. The fraction of sp³-hybridized carbons (Fsp3) is 0.800. The monoisotopic (exact) mass is 281 g/mol. The van der Waals surface area contributed by atoms with E-state index < -0.39 is 0 Å². The standard InChI is InChI=1S/C15H27N3O2/c1-12(2)10-18(6-7-19-3)11-15-8-14(17-20-15)9-16-13-4-5-13/h8,12-13,16H,4-7,9-11H2,1-3H3. The highest BCUT2D eigenvalue weighted by Crippen LogP contribution is 2.19. The largest absolute Gasteiger partial charge is 0.383 e. The van der Waals surface area contributed by atoms with Crippen LogP contribution in [0.4, 0.5) is 0 Å². The molecule has 1 N–H and O–H groups in total. The highest BCUT2D eigenvalue weighted by molar-refractivity contribution is 5.05. The second kappa shape index (κ2) is 7.76. The lowest BCUT2D eigenvalue weighted by atomic mass is 10.2. The topological polar surface area (TPSA) is 50.5 Å². The summed E-state index contributed by atoms with van der Waals surface area (Å²) in [7, 11) is 1.74. The normalized spacial score (nSPS) is 15.4. The molecule has 2 rings (SSSR count). The van der Waals surface area contributed by atoms with Crippen LogP contribution < -0.4 is 5.32 Å². The lowest BCUT2D eigenvalue weighted by molar-refractivity contribution is 0.129. The third kappa shape index (κ3) is 5.61. The first-order valence-electron chi connectivity index (χ1n) is 7.56. The van der Waals surface area contributed by atoms with E-state index in [1.165, 1.54) is 12.8 Å². The van der Waals surface area contributed by atoms with Crippen LogP contribution in [0.25, 0.3) is 0 Å². The van der Waals surface area contributed by atoms with Gasteiger partial charge in [0, 0.05) is 38.9 Å². The zero-order valence-electron chi connectivity index (χ0n) is 12.9. The Bertz CT molecular complexity index is 388. The Labute approximate surface area is 121 Å². The zero-order valence-corrected chi connectivity index (χ0v) is 12.9. The first-order chi connectivity index (χ1) is 9.67. The third-order valence-electron chi connectivity index (χ3n) is 3.37.